The van der Waals surface area contributed by atoms with E-state index in [-0.39, 0.29) is 29.8 Å². The topological polar surface area (TPSA) is 130 Å². The Morgan fingerprint density at radius 1 is 1.28 bits per heavy atom. The predicted molar refractivity (Wildman–Crippen MR) is 108 cm³/mol. The van der Waals surface area contributed by atoms with Crippen LogP contribution in [0.25, 0.3) is 11.0 Å². The molecule has 0 unspecified atom stereocenters. The molecule has 158 valence electrons. The van der Waals surface area contributed by atoms with Gasteiger partial charge in [-0.3, -0.25) is 4.79 Å². The van der Waals surface area contributed by atoms with Crippen molar-refractivity contribution < 1.29 is 23.1 Å². The van der Waals surface area contributed by atoms with Crippen molar-refractivity contribution in [3.63, 3.8) is 0 Å². The van der Waals surface area contributed by atoms with Crippen molar-refractivity contribution in [1.29, 1.82) is 0 Å². The maximum absolute atomic E-state index is 13.0. The van der Waals surface area contributed by atoms with Crippen LogP contribution in [0.4, 0.5) is 0 Å². The maximum Gasteiger partial charge on any atom is 0.326 e. The maximum atomic E-state index is 13.0. The second-order valence-electron chi connectivity index (χ2n) is 7.60. The van der Waals surface area contributed by atoms with Gasteiger partial charge in [0.1, 0.15) is 22.0 Å². The van der Waals surface area contributed by atoms with Gasteiger partial charge in [-0.15, -0.1) is 0 Å². The molecule has 0 bridgehead atoms. The molecule has 1 aliphatic rings. The monoisotopic (exact) mass is 440 g/mol. The minimum absolute atomic E-state index is 0.120. The standard InChI is InChI=1S/C18H24N4O5S2/c1-11(2)10-14(18(24)25)19-17(23)12-6-8-22(9-7-12)29(26,27)15-5-3-4-13-16(15)21-28-20-13/h3-5,11-12,14H,6-10H2,1-2H3,(H,19,23)(H,24,25)/t14-/m1/s1. The molecule has 9 nitrogen and oxygen atoms in total. The van der Waals surface area contributed by atoms with Gasteiger partial charge >= 0.3 is 5.97 Å². The number of carboxylic acid groups (broad SMARTS) is 1. The highest BCUT2D eigenvalue weighted by Crippen LogP contribution is 2.28. The van der Waals surface area contributed by atoms with Crippen LogP contribution >= 0.6 is 11.7 Å². The quantitative estimate of drug-likeness (QED) is 0.670. The molecular weight excluding hydrogens is 416 g/mol. The van der Waals surface area contributed by atoms with Crippen LogP contribution < -0.4 is 5.32 Å². The molecule has 0 spiro atoms. The first-order chi connectivity index (χ1) is 13.7. The molecule has 0 aliphatic carbocycles. The van der Waals surface area contributed by atoms with Crippen molar-refractivity contribution >= 4 is 44.7 Å². The van der Waals surface area contributed by atoms with Crippen LogP contribution in [0.3, 0.4) is 0 Å². The Balaban J connectivity index is 1.66. The van der Waals surface area contributed by atoms with Crippen LogP contribution in [-0.4, -0.2) is 57.6 Å². The minimum atomic E-state index is -3.75. The van der Waals surface area contributed by atoms with Gasteiger partial charge in [0.2, 0.25) is 15.9 Å². The zero-order valence-electron chi connectivity index (χ0n) is 16.2. The molecule has 2 N–H and O–H groups in total. The first-order valence-electron chi connectivity index (χ1n) is 9.44. The number of hydrogen-bond donors (Lipinski definition) is 2. The molecule has 1 saturated heterocycles. The SMILES string of the molecule is CC(C)C[C@@H](NC(=O)C1CCN(S(=O)(=O)c2cccc3nsnc23)CC1)C(=O)O. The highest BCUT2D eigenvalue weighted by atomic mass is 32.2. The number of amides is 1. The fourth-order valence-electron chi connectivity index (χ4n) is 3.47. The number of nitrogens with zero attached hydrogens (tertiary/aromatic N) is 3. The highest BCUT2D eigenvalue weighted by Gasteiger charge is 2.34. The van der Waals surface area contributed by atoms with Gasteiger partial charge in [-0.25, -0.2) is 13.2 Å². The van der Waals surface area contributed by atoms with Crippen molar-refractivity contribution in [2.45, 2.75) is 44.0 Å². The molecule has 1 aromatic heterocycles. The Hall–Kier alpha value is -2.11. The molecule has 1 aliphatic heterocycles. The Bertz CT molecular complexity index is 997. The van der Waals surface area contributed by atoms with E-state index in [4.69, 9.17) is 0 Å². The molecule has 1 atom stereocenters. The lowest BCUT2D eigenvalue weighted by Crippen LogP contribution is -2.47. The van der Waals surface area contributed by atoms with E-state index < -0.39 is 28.0 Å². The highest BCUT2D eigenvalue weighted by molar-refractivity contribution is 7.89. The number of carbonyl (C=O) groups is 2. The summed E-state index contributed by atoms with van der Waals surface area (Å²) in [6, 6.07) is 3.93. The molecule has 1 fully saturated rings. The van der Waals surface area contributed by atoms with Crippen molar-refractivity contribution in [3.05, 3.63) is 18.2 Å². The first-order valence-corrected chi connectivity index (χ1v) is 11.6. The molecule has 2 heterocycles. The summed E-state index contributed by atoms with van der Waals surface area (Å²) >= 11 is 0.962. The lowest BCUT2D eigenvalue weighted by molar-refractivity contribution is -0.143. The normalized spacial score (nSPS) is 17.5. The Labute approximate surface area is 173 Å². The Morgan fingerprint density at radius 2 is 1.97 bits per heavy atom. The van der Waals surface area contributed by atoms with Crippen LogP contribution in [0.1, 0.15) is 33.1 Å². The van der Waals surface area contributed by atoms with Gasteiger partial charge in [0.25, 0.3) is 0 Å². The Kier molecular flexibility index (Phi) is 6.49. The summed E-state index contributed by atoms with van der Waals surface area (Å²) in [4.78, 5) is 24.0. The molecule has 2 aromatic rings. The van der Waals surface area contributed by atoms with E-state index in [1.807, 2.05) is 13.8 Å². The van der Waals surface area contributed by atoms with Crippen molar-refractivity contribution in [3.8, 4) is 0 Å². The average molecular weight is 441 g/mol. The van der Waals surface area contributed by atoms with Gasteiger partial charge in [0, 0.05) is 19.0 Å². The number of benzene rings is 1. The van der Waals surface area contributed by atoms with Crippen molar-refractivity contribution in [2.75, 3.05) is 13.1 Å². The summed E-state index contributed by atoms with van der Waals surface area (Å²) < 4.78 is 35.6. The zero-order chi connectivity index (χ0) is 21.2. The van der Waals surface area contributed by atoms with Crippen LogP contribution in [-0.2, 0) is 19.6 Å². The summed E-state index contributed by atoms with van der Waals surface area (Å²) in [5.74, 6) is -1.67. The van der Waals surface area contributed by atoms with Crippen LogP contribution in [0.15, 0.2) is 23.1 Å². The number of carboxylic acids is 1. The summed E-state index contributed by atoms with van der Waals surface area (Å²) in [5, 5.41) is 11.9. The summed E-state index contributed by atoms with van der Waals surface area (Å²) in [5.41, 5.74) is 0.894. The summed E-state index contributed by atoms with van der Waals surface area (Å²) in [7, 11) is -3.75. The van der Waals surface area contributed by atoms with Crippen LogP contribution in [0, 0.1) is 11.8 Å². The third-order valence-electron chi connectivity index (χ3n) is 5.01. The van der Waals surface area contributed by atoms with Gasteiger partial charge in [-0.05, 0) is 37.3 Å². The third-order valence-corrected chi connectivity index (χ3v) is 7.49. The number of carbonyl (C=O) groups excluding carboxylic acids is 1. The zero-order valence-corrected chi connectivity index (χ0v) is 17.9. The second-order valence-corrected chi connectivity index (χ2v) is 10.0. The van der Waals surface area contributed by atoms with Gasteiger partial charge in [-0.1, -0.05) is 19.9 Å². The second kappa shape index (κ2) is 8.72. The van der Waals surface area contributed by atoms with E-state index in [0.717, 1.165) is 11.7 Å². The van der Waals surface area contributed by atoms with E-state index in [2.05, 4.69) is 14.1 Å². The van der Waals surface area contributed by atoms with E-state index in [1.165, 1.54) is 10.4 Å². The van der Waals surface area contributed by atoms with Crippen LogP contribution in [0.5, 0.6) is 0 Å². The summed E-state index contributed by atoms with van der Waals surface area (Å²) in [6.07, 6.45) is 1.02. The average Bonchev–Trinajstić information content (AvgIpc) is 3.15. The molecule has 3 rings (SSSR count). The number of sulfonamides is 1. The van der Waals surface area contributed by atoms with E-state index in [1.54, 1.807) is 12.1 Å². The van der Waals surface area contributed by atoms with Gasteiger partial charge in [0.05, 0.1) is 11.7 Å². The van der Waals surface area contributed by atoms with Crippen molar-refractivity contribution in [1.82, 2.24) is 18.4 Å². The smallest absolute Gasteiger partial charge is 0.326 e. The largest absolute Gasteiger partial charge is 0.480 e. The molecule has 1 amide bonds. The molecule has 29 heavy (non-hydrogen) atoms. The fourth-order valence-corrected chi connectivity index (χ4v) is 5.69. The van der Waals surface area contributed by atoms with Gasteiger partial charge in [0.15, 0.2) is 0 Å². The predicted octanol–water partition coefficient (Wildman–Crippen LogP) is 1.71. The molecular formula is C18H24N4O5S2. The van der Waals surface area contributed by atoms with E-state index in [0.29, 0.717) is 30.3 Å². The molecule has 1 aromatic carbocycles. The summed E-state index contributed by atoms with van der Waals surface area (Å²) in [6.45, 7) is 4.17. The fraction of sp³-hybridized carbons (Fsp3) is 0.556. The van der Waals surface area contributed by atoms with Crippen molar-refractivity contribution in [2.24, 2.45) is 11.8 Å². The number of rotatable bonds is 7. The minimum Gasteiger partial charge on any atom is -0.480 e. The number of nitrogens with one attached hydrogen (secondary N) is 1. The lowest BCUT2D eigenvalue weighted by atomic mass is 9.96. The number of aromatic nitrogens is 2. The van der Waals surface area contributed by atoms with Gasteiger partial charge in [-0.2, -0.15) is 13.1 Å². The third kappa shape index (κ3) is 4.73. The molecule has 0 radical (unpaired) electrons. The Morgan fingerprint density at radius 3 is 2.59 bits per heavy atom. The lowest BCUT2D eigenvalue weighted by Gasteiger charge is -2.31. The van der Waals surface area contributed by atoms with Crippen LogP contribution in [0.2, 0.25) is 0 Å². The van der Waals surface area contributed by atoms with Gasteiger partial charge < -0.3 is 10.4 Å². The van der Waals surface area contributed by atoms with E-state index in [9.17, 15) is 23.1 Å². The number of piperidine rings is 1. The first kappa shape index (κ1) is 21.6. The molecule has 11 heteroatoms. The number of aliphatic carboxylic acids is 1. The number of fused-ring (bicyclic) bond motifs is 1. The number of hydrogen-bond acceptors (Lipinski definition) is 7. The molecule has 0 saturated carbocycles. The van der Waals surface area contributed by atoms with E-state index >= 15 is 0 Å².